The average Bonchev–Trinajstić information content (AvgIpc) is 2.97. The minimum Gasteiger partial charge on any atom is -0.480 e. The number of carboxylic acid groups (broad SMARTS) is 1. The number of carboxylic acids is 1. The van der Waals surface area contributed by atoms with Crippen molar-refractivity contribution in [2.45, 2.75) is 18.3 Å². The topological polar surface area (TPSA) is 138 Å². The van der Waals surface area contributed by atoms with E-state index in [1.165, 1.54) is 0 Å². The van der Waals surface area contributed by atoms with Crippen LogP contribution in [-0.2, 0) is 10.2 Å². The zero-order valence-corrected chi connectivity index (χ0v) is 13.6. The van der Waals surface area contributed by atoms with Crippen LogP contribution >= 0.6 is 11.5 Å². The van der Waals surface area contributed by atoms with Crippen LogP contribution in [0.4, 0.5) is 5.69 Å². The first-order chi connectivity index (χ1) is 12.1. The third kappa shape index (κ3) is 2.31. The quantitative estimate of drug-likeness (QED) is 0.672. The maximum Gasteiger partial charge on any atom is 0.319 e. The number of aromatic nitrogens is 3. The van der Waals surface area contributed by atoms with Crippen LogP contribution in [0.15, 0.2) is 8.83 Å². The molecule has 9 nitrogen and oxygen atoms in total. The summed E-state index contributed by atoms with van der Waals surface area (Å²) in [6, 6.07) is 1.97. The van der Waals surface area contributed by atoms with E-state index in [9.17, 15) is 9.90 Å². The molecule has 0 amide bonds. The van der Waals surface area contributed by atoms with Crippen LogP contribution in [0.5, 0.6) is 0 Å². The summed E-state index contributed by atoms with van der Waals surface area (Å²) in [7, 11) is 1.68. The van der Waals surface area contributed by atoms with Gasteiger partial charge in [0.15, 0.2) is 5.69 Å². The summed E-state index contributed by atoms with van der Waals surface area (Å²) in [6.07, 6.45) is 0.967. The van der Waals surface area contributed by atoms with Crippen LogP contribution < -0.4 is 5.32 Å². The number of nitrogens with one attached hydrogen (secondary N) is 1. The molecule has 0 unspecified atom stereocenters. The molecule has 25 heavy (non-hydrogen) atoms. The van der Waals surface area contributed by atoms with Gasteiger partial charge in [0.25, 0.3) is 17.3 Å². The van der Waals surface area contributed by atoms with Crippen molar-refractivity contribution in [2.24, 2.45) is 0 Å². The Morgan fingerprint density at radius 3 is 2.68 bits per heavy atom. The van der Waals surface area contributed by atoms with Crippen molar-refractivity contribution in [3.05, 3.63) is 22.4 Å². The SMILES string of the molecule is CNc1c(C#N)nsc1C#Cc1nc2oc(C3(C(=O)O)CC3)nc2o1. The van der Waals surface area contributed by atoms with E-state index in [1.54, 1.807) is 7.05 Å². The molecular weight excluding hydrogens is 346 g/mol. The molecular formula is C15H9N5O4S. The molecule has 0 aromatic carbocycles. The van der Waals surface area contributed by atoms with Crippen molar-refractivity contribution in [2.75, 3.05) is 12.4 Å². The molecule has 4 rings (SSSR count). The zero-order chi connectivity index (χ0) is 17.6. The Morgan fingerprint density at radius 1 is 1.32 bits per heavy atom. The number of anilines is 1. The molecule has 1 fully saturated rings. The fraction of sp³-hybridized carbons (Fsp3) is 0.267. The second-order valence-electron chi connectivity index (χ2n) is 5.38. The van der Waals surface area contributed by atoms with E-state index in [2.05, 4.69) is 31.5 Å². The second-order valence-corrected chi connectivity index (χ2v) is 6.16. The number of carbonyl (C=O) groups is 1. The highest BCUT2D eigenvalue weighted by Crippen LogP contribution is 2.48. The van der Waals surface area contributed by atoms with Gasteiger partial charge < -0.3 is 19.3 Å². The highest BCUT2D eigenvalue weighted by atomic mass is 32.1. The molecule has 2 N–H and O–H groups in total. The average molecular weight is 355 g/mol. The first kappa shape index (κ1) is 15.2. The fourth-order valence-corrected chi connectivity index (χ4v) is 3.04. The van der Waals surface area contributed by atoms with E-state index in [0.29, 0.717) is 23.4 Å². The van der Waals surface area contributed by atoms with Crippen LogP contribution in [0.1, 0.15) is 35.2 Å². The zero-order valence-electron chi connectivity index (χ0n) is 12.8. The third-order valence-corrected chi connectivity index (χ3v) is 4.64. The molecule has 0 bridgehead atoms. The Hall–Kier alpha value is -3.37. The maximum atomic E-state index is 11.3. The Bertz CT molecular complexity index is 1070. The lowest BCUT2D eigenvalue weighted by Crippen LogP contribution is -2.19. The molecule has 3 aromatic heterocycles. The number of oxazole rings is 2. The summed E-state index contributed by atoms with van der Waals surface area (Å²) >= 11 is 1.09. The first-order valence-corrected chi connectivity index (χ1v) is 7.95. The summed E-state index contributed by atoms with van der Waals surface area (Å²) in [5, 5.41) is 21.1. The largest absolute Gasteiger partial charge is 0.480 e. The molecule has 3 aromatic rings. The molecule has 0 spiro atoms. The maximum absolute atomic E-state index is 11.3. The van der Waals surface area contributed by atoms with E-state index in [-0.39, 0.29) is 28.9 Å². The lowest BCUT2D eigenvalue weighted by Gasteiger charge is -2.01. The number of hydrogen-bond donors (Lipinski definition) is 2. The number of fused-ring (bicyclic) bond motifs is 1. The van der Waals surface area contributed by atoms with Gasteiger partial charge in [-0.2, -0.15) is 19.6 Å². The minimum atomic E-state index is -1.05. The van der Waals surface area contributed by atoms with E-state index in [0.717, 1.165) is 11.5 Å². The fourth-order valence-electron chi connectivity index (χ4n) is 2.34. The van der Waals surface area contributed by atoms with Crippen molar-refractivity contribution >= 4 is 34.6 Å². The van der Waals surface area contributed by atoms with Crippen LogP contribution in [0.2, 0.25) is 0 Å². The lowest BCUT2D eigenvalue weighted by molar-refractivity contribution is -0.140. The number of nitrogens with zero attached hydrogens (tertiary/aromatic N) is 4. The number of nitriles is 1. The number of aliphatic carboxylic acids is 1. The summed E-state index contributed by atoms with van der Waals surface area (Å²) in [5.74, 6) is 4.79. The highest BCUT2D eigenvalue weighted by molar-refractivity contribution is 7.07. The molecule has 124 valence electrons. The smallest absolute Gasteiger partial charge is 0.319 e. The van der Waals surface area contributed by atoms with E-state index >= 15 is 0 Å². The summed E-state index contributed by atoms with van der Waals surface area (Å²) in [5.41, 5.74) is -0.00145. The van der Waals surface area contributed by atoms with Gasteiger partial charge in [-0.15, -0.1) is 0 Å². The molecule has 1 aliphatic rings. The van der Waals surface area contributed by atoms with Gasteiger partial charge in [0, 0.05) is 7.05 Å². The Labute approximate surface area is 144 Å². The lowest BCUT2D eigenvalue weighted by atomic mass is 10.1. The summed E-state index contributed by atoms with van der Waals surface area (Å²) in [4.78, 5) is 20.0. The van der Waals surface area contributed by atoms with Gasteiger partial charge in [-0.05, 0) is 36.2 Å². The number of hydrogen-bond acceptors (Lipinski definition) is 9. The van der Waals surface area contributed by atoms with E-state index < -0.39 is 11.4 Å². The standard InChI is InChI=1S/C15H9N5O4S/c1-17-10-7(6-16)20-25-8(10)2-3-9-18-11-12(23-9)19-13(24-11)15(4-5-15)14(21)22/h17H,4-5H2,1H3,(H,21,22). The van der Waals surface area contributed by atoms with Gasteiger partial charge in [-0.25, -0.2) is 0 Å². The van der Waals surface area contributed by atoms with Gasteiger partial charge in [-0.1, -0.05) is 0 Å². The van der Waals surface area contributed by atoms with Crippen molar-refractivity contribution in [3.8, 4) is 17.9 Å². The minimum absolute atomic E-state index is 0.0851. The Kier molecular flexibility index (Phi) is 3.23. The van der Waals surface area contributed by atoms with E-state index in [4.69, 9.17) is 14.1 Å². The third-order valence-electron chi connectivity index (χ3n) is 3.88. The molecule has 0 aliphatic heterocycles. The number of rotatable bonds is 3. The van der Waals surface area contributed by atoms with E-state index in [1.807, 2.05) is 6.07 Å². The van der Waals surface area contributed by atoms with Crippen molar-refractivity contribution in [3.63, 3.8) is 0 Å². The van der Waals surface area contributed by atoms with Gasteiger partial charge in [0.1, 0.15) is 16.4 Å². The van der Waals surface area contributed by atoms with Crippen molar-refractivity contribution in [1.29, 1.82) is 5.26 Å². The molecule has 10 heteroatoms. The van der Waals surface area contributed by atoms with Crippen LogP contribution in [0.3, 0.4) is 0 Å². The summed E-state index contributed by atoms with van der Waals surface area (Å²) < 4.78 is 14.8. The molecule has 0 atom stereocenters. The summed E-state index contributed by atoms with van der Waals surface area (Å²) in [6.45, 7) is 0. The second kappa shape index (κ2) is 5.33. The van der Waals surface area contributed by atoms with Gasteiger partial charge in [-0.3, -0.25) is 4.79 Å². The Morgan fingerprint density at radius 2 is 2.08 bits per heavy atom. The highest BCUT2D eigenvalue weighted by Gasteiger charge is 2.56. The van der Waals surface area contributed by atoms with Crippen LogP contribution in [-0.4, -0.2) is 32.5 Å². The van der Waals surface area contributed by atoms with Crippen LogP contribution in [0, 0.1) is 23.2 Å². The van der Waals surface area contributed by atoms with Gasteiger partial charge >= 0.3 is 5.97 Å². The molecule has 0 saturated heterocycles. The van der Waals surface area contributed by atoms with Gasteiger partial charge in [0.2, 0.25) is 5.89 Å². The molecule has 1 aliphatic carbocycles. The molecule has 1 saturated carbocycles. The van der Waals surface area contributed by atoms with Gasteiger partial charge in [0.05, 0.1) is 5.69 Å². The Balaban J connectivity index is 1.65. The monoisotopic (exact) mass is 355 g/mol. The van der Waals surface area contributed by atoms with Crippen LogP contribution in [0.25, 0.3) is 11.4 Å². The first-order valence-electron chi connectivity index (χ1n) is 7.18. The molecule has 0 radical (unpaired) electrons. The predicted octanol–water partition coefficient (Wildman–Crippen LogP) is 1.70. The van der Waals surface area contributed by atoms with Crippen molar-refractivity contribution < 1.29 is 18.7 Å². The normalized spacial score (nSPS) is 14.6. The molecule has 3 heterocycles. The predicted molar refractivity (Wildman–Crippen MR) is 85.0 cm³/mol. The van der Waals surface area contributed by atoms with Crippen molar-refractivity contribution in [1.82, 2.24) is 14.3 Å².